The molecule has 0 bridgehead atoms. The number of nitrogens with one attached hydrogen (secondary N) is 1. The van der Waals surface area contributed by atoms with Gasteiger partial charge in [0.05, 0.1) is 5.75 Å². The molecule has 1 N–H and O–H groups in total. The van der Waals surface area contributed by atoms with Gasteiger partial charge in [-0.25, -0.2) is 4.98 Å². The third-order valence-corrected chi connectivity index (χ3v) is 5.02. The van der Waals surface area contributed by atoms with E-state index >= 15 is 0 Å². The summed E-state index contributed by atoms with van der Waals surface area (Å²) in [6.07, 6.45) is 0.665. The smallest absolute Gasteiger partial charge is 0.254 e. The highest BCUT2D eigenvalue weighted by atomic mass is 79.9. The highest BCUT2D eigenvalue weighted by Crippen LogP contribution is 2.26. The van der Waals surface area contributed by atoms with E-state index in [2.05, 4.69) is 36.0 Å². The van der Waals surface area contributed by atoms with Gasteiger partial charge in [-0.15, -0.1) is 0 Å². The summed E-state index contributed by atoms with van der Waals surface area (Å²) in [4.78, 5) is 23.5. The number of rotatable bonds is 5. The van der Waals surface area contributed by atoms with Crippen molar-refractivity contribution < 1.29 is 4.52 Å². The van der Waals surface area contributed by atoms with Crippen LogP contribution in [0.1, 0.15) is 24.1 Å². The second-order valence-electron chi connectivity index (χ2n) is 5.07. The number of nitrogens with zero attached hydrogens (tertiary/aromatic N) is 3. The molecule has 0 saturated carbocycles. The second kappa shape index (κ2) is 7.31. The number of thioether (sulfide) groups is 1. The molecule has 8 heteroatoms. The number of halogens is 1. The second-order valence-corrected chi connectivity index (χ2v) is 6.89. The number of H-pyrrole nitrogens is 1. The van der Waals surface area contributed by atoms with Crippen LogP contribution in [-0.2, 0) is 12.2 Å². The van der Waals surface area contributed by atoms with Gasteiger partial charge in [-0.2, -0.15) is 4.98 Å². The van der Waals surface area contributed by atoms with Crippen molar-refractivity contribution in [3.05, 3.63) is 56.2 Å². The number of hydrogen-bond donors (Lipinski definition) is 1. The van der Waals surface area contributed by atoms with Gasteiger partial charge in [0.25, 0.3) is 5.56 Å². The lowest BCUT2D eigenvalue weighted by Crippen LogP contribution is -2.16. The molecular formula is C16H15BrN4O2S. The van der Waals surface area contributed by atoms with Crippen molar-refractivity contribution in [1.29, 1.82) is 0 Å². The van der Waals surface area contributed by atoms with Gasteiger partial charge in [-0.1, -0.05) is 51.9 Å². The zero-order valence-electron chi connectivity index (χ0n) is 13.2. The number of aromatic amines is 1. The topological polar surface area (TPSA) is 84.7 Å². The van der Waals surface area contributed by atoms with Gasteiger partial charge in [0.2, 0.25) is 11.7 Å². The Morgan fingerprint density at radius 3 is 2.79 bits per heavy atom. The highest BCUT2D eigenvalue weighted by molar-refractivity contribution is 9.10. The SMILES string of the molecule is CCc1c(C)nc(SCc2nc(-c3ccccc3Br)no2)[nH]c1=O. The van der Waals surface area contributed by atoms with Gasteiger partial charge in [-0.3, -0.25) is 4.79 Å². The predicted octanol–water partition coefficient (Wildman–Crippen LogP) is 3.75. The molecule has 2 heterocycles. The van der Waals surface area contributed by atoms with Crippen molar-refractivity contribution in [3.63, 3.8) is 0 Å². The number of aryl methyl sites for hydroxylation is 1. The monoisotopic (exact) mass is 406 g/mol. The summed E-state index contributed by atoms with van der Waals surface area (Å²) in [6.45, 7) is 3.78. The average molecular weight is 407 g/mol. The number of benzene rings is 1. The Labute approximate surface area is 151 Å². The molecular weight excluding hydrogens is 392 g/mol. The van der Waals surface area contributed by atoms with E-state index in [1.165, 1.54) is 11.8 Å². The van der Waals surface area contributed by atoms with Gasteiger partial charge in [0, 0.05) is 21.3 Å². The molecule has 3 rings (SSSR count). The molecule has 0 aliphatic carbocycles. The Morgan fingerprint density at radius 2 is 2.08 bits per heavy atom. The summed E-state index contributed by atoms with van der Waals surface area (Å²) >= 11 is 4.83. The minimum absolute atomic E-state index is 0.0908. The average Bonchev–Trinajstić information content (AvgIpc) is 3.02. The fraction of sp³-hybridized carbons (Fsp3) is 0.250. The Morgan fingerprint density at radius 1 is 1.29 bits per heavy atom. The van der Waals surface area contributed by atoms with Crippen LogP contribution in [0.25, 0.3) is 11.4 Å². The summed E-state index contributed by atoms with van der Waals surface area (Å²) < 4.78 is 6.18. The molecule has 0 radical (unpaired) electrons. The Balaban J connectivity index is 1.75. The van der Waals surface area contributed by atoms with E-state index < -0.39 is 0 Å². The van der Waals surface area contributed by atoms with Crippen LogP contribution < -0.4 is 5.56 Å². The minimum Gasteiger partial charge on any atom is -0.338 e. The molecule has 0 saturated heterocycles. The fourth-order valence-corrected chi connectivity index (χ4v) is 3.47. The van der Waals surface area contributed by atoms with E-state index in [-0.39, 0.29) is 5.56 Å². The Kier molecular flexibility index (Phi) is 5.15. The van der Waals surface area contributed by atoms with E-state index in [9.17, 15) is 4.79 Å². The largest absolute Gasteiger partial charge is 0.338 e. The highest BCUT2D eigenvalue weighted by Gasteiger charge is 2.13. The molecule has 0 unspecified atom stereocenters. The molecule has 1 aromatic carbocycles. The van der Waals surface area contributed by atoms with Crippen LogP contribution in [0.15, 0.2) is 43.2 Å². The van der Waals surface area contributed by atoms with Gasteiger partial charge in [0.15, 0.2) is 5.16 Å². The van der Waals surface area contributed by atoms with Crippen LogP contribution in [0.4, 0.5) is 0 Å². The van der Waals surface area contributed by atoms with E-state index in [4.69, 9.17) is 4.52 Å². The third-order valence-electron chi connectivity index (χ3n) is 3.47. The normalized spacial score (nSPS) is 11.0. The molecule has 0 spiro atoms. The zero-order valence-corrected chi connectivity index (χ0v) is 15.6. The summed E-state index contributed by atoms with van der Waals surface area (Å²) in [6, 6.07) is 7.68. The number of hydrogen-bond acceptors (Lipinski definition) is 6. The predicted molar refractivity (Wildman–Crippen MR) is 96.0 cm³/mol. The molecule has 3 aromatic rings. The van der Waals surface area contributed by atoms with E-state index in [1.807, 2.05) is 38.1 Å². The standard InChI is InChI=1S/C16H15BrN4O2S/c1-3-10-9(2)18-16(20-15(10)22)24-8-13-19-14(21-23-13)11-6-4-5-7-12(11)17/h4-7H,3,8H2,1-2H3,(H,18,20,22). The lowest BCUT2D eigenvalue weighted by molar-refractivity contribution is 0.391. The summed E-state index contributed by atoms with van der Waals surface area (Å²) in [5, 5.41) is 4.55. The maximum atomic E-state index is 12.0. The maximum absolute atomic E-state index is 12.0. The van der Waals surface area contributed by atoms with E-state index in [1.54, 1.807) is 0 Å². The van der Waals surface area contributed by atoms with Crippen LogP contribution in [0.3, 0.4) is 0 Å². The summed E-state index contributed by atoms with van der Waals surface area (Å²) in [7, 11) is 0. The molecule has 6 nitrogen and oxygen atoms in total. The quantitative estimate of drug-likeness (QED) is 0.512. The molecule has 0 fully saturated rings. The van der Waals surface area contributed by atoms with Crippen LogP contribution >= 0.6 is 27.7 Å². The van der Waals surface area contributed by atoms with Crippen molar-refractivity contribution in [2.24, 2.45) is 0 Å². The van der Waals surface area contributed by atoms with Crippen LogP contribution in [0.5, 0.6) is 0 Å². The first-order valence-corrected chi connectivity index (χ1v) is 9.16. The summed E-state index contributed by atoms with van der Waals surface area (Å²) in [5.74, 6) is 1.44. The molecule has 24 heavy (non-hydrogen) atoms. The molecule has 2 aromatic heterocycles. The first-order valence-electron chi connectivity index (χ1n) is 7.38. The first-order chi connectivity index (χ1) is 11.6. The van der Waals surface area contributed by atoms with Crippen LogP contribution in [-0.4, -0.2) is 20.1 Å². The van der Waals surface area contributed by atoms with Gasteiger partial charge in [0.1, 0.15) is 0 Å². The molecule has 124 valence electrons. The summed E-state index contributed by atoms with van der Waals surface area (Å²) in [5.41, 5.74) is 2.25. The molecule has 0 aliphatic heterocycles. The van der Waals surface area contributed by atoms with E-state index in [0.717, 1.165) is 15.7 Å². The van der Waals surface area contributed by atoms with Crippen molar-refractivity contribution in [2.45, 2.75) is 31.2 Å². The number of aromatic nitrogens is 4. The van der Waals surface area contributed by atoms with Crippen molar-refractivity contribution in [2.75, 3.05) is 0 Å². The molecule has 0 amide bonds. The molecule has 0 aliphatic rings. The van der Waals surface area contributed by atoms with E-state index in [0.29, 0.717) is 34.6 Å². The first kappa shape index (κ1) is 16.9. The van der Waals surface area contributed by atoms with Crippen molar-refractivity contribution in [3.8, 4) is 11.4 Å². The van der Waals surface area contributed by atoms with Gasteiger partial charge in [-0.05, 0) is 25.5 Å². The van der Waals surface area contributed by atoms with Crippen LogP contribution in [0, 0.1) is 6.92 Å². The minimum atomic E-state index is -0.0908. The Hall–Kier alpha value is -1.93. The van der Waals surface area contributed by atoms with Crippen molar-refractivity contribution >= 4 is 27.7 Å². The van der Waals surface area contributed by atoms with Crippen molar-refractivity contribution in [1.82, 2.24) is 20.1 Å². The van der Waals surface area contributed by atoms with Gasteiger partial charge >= 0.3 is 0 Å². The third kappa shape index (κ3) is 3.59. The molecule has 0 atom stereocenters. The zero-order chi connectivity index (χ0) is 17.1. The lowest BCUT2D eigenvalue weighted by atomic mass is 10.2. The van der Waals surface area contributed by atoms with Crippen LogP contribution in [0.2, 0.25) is 0 Å². The Bertz CT molecular complexity index is 922. The lowest BCUT2D eigenvalue weighted by Gasteiger charge is -2.03. The maximum Gasteiger partial charge on any atom is 0.254 e. The van der Waals surface area contributed by atoms with Gasteiger partial charge < -0.3 is 9.51 Å². The fourth-order valence-electron chi connectivity index (χ4n) is 2.26.